The Hall–Kier alpha value is -3.94. The van der Waals surface area contributed by atoms with Crippen LogP contribution in [0.3, 0.4) is 0 Å². The highest BCUT2D eigenvalue weighted by Crippen LogP contribution is 2.18. The van der Waals surface area contributed by atoms with Gasteiger partial charge >= 0.3 is 0 Å². The minimum Gasteiger partial charge on any atom is -0.368 e. The van der Waals surface area contributed by atoms with Gasteiger partial charge in [0.05, 0.1) is 0 Å². The number of hydrogen-bond acceptors (Lipinski definition) is 6. The van der Waals surface area contributed by atoms with Crippen LogP contribution in [-0.2, 0) is 0 Å². The maximum Gasteiger partial charge on any atom is 0.253 e. The van der Waals surface area contributed by atoms with Crippen LogP contribution in [0.2, 0.25) is 0 Å². The minimum atomic E-state index is 0.0133. The highest BCUT2D eigenvalue weighted by Gasteiger charge is 2.24. The van der Waals surface area contributed by atoms with E-state index >= 15 is 0 Å². The summed E-state index contributed by atoms with van der Waals surface area (Å²) < 4.78 is 0. The first-order valence-electron chi connectivity index (χ1n) is 11.7. The summed E-state index contributed by atoms with van der Waals surface area (Å²) >= 11 is 0. The summed E-state index contributed by atoms with van der Waals surface area (Å²) in [5, 5.41) is 0. The van der Waals surface area contributed by atoms with Crippen molar-refractivity contribution in [3.8, 4) is 0 Å². The van der Waals surface area contributed by atoms with Crippen molar-refractivity contribution in [3.63, 3.8) is 0 Å². The Bertz CT molecular complexity index is 1020. The highest BCUT2D eigenvalue weighted by molar-refractivity contribution is 5.98. The quantitative estimate of drug-likeness (QED) is 0.600. The van der Waals surface area contributed by atoms with Crippen molar-refractivity contribution < 1.29 is 9.59 Å². The molecule has 0 unspecified atom stereocenters. The second kappa shape index (κ2) is 9.91. The monoisotopic (exact) mass is 456 g/mol. The molecule has 34 heavy (non-hydrogen) atoms. The van der Waals surface area contributed by atoms with Crippen molar-refractivity contribution in [2.45, 2.75) is 0 Å². The lowest BCUT2D eigenvalue weighted by Crippen LogP contribution is -2.49. The standard InChI is InChI=1S/C26H28N6O2/c33-25(31-17-13-29(14-18-31)23-5-9-27-10-6-23)21-1-2-22(4-3-21)26(34)32-19-15-30(16-20-32)24-7-11-28-12-8-24/h1-12H,13-20H2. The minimum absolute atomic E-state index is 0.0133. The van der Waals surface area contributed by atoms with Crippen LogP contribution >= 0.6 is 0 Å². The van der Waals surface area contributed by atoms with Crippen LogP contribution in [0, 0.1) is 0 Å². The lowest BCUT2D eigenvalue weighted by atomic mass is 10.1. The summed E-state index contributed by atoms with van der Waals surface area (Å²) in [5.74, 6) is 0.0266. The van der Waals surface area contributed by atoms with Crippen molar-refractivity contribution in [2.75, 3.05) is 62.2 Å². The fraction of sp³-hybridized carbons (Fsp3) is 0.308. The molecule has 4 heterocycles. The summed E-state index contributed by atoms with van der Waals surface area (Å²) in [4.78, 5) is 42.4. The number of amides is 2. The third-order valence-electron chi connectivity index (χ3n) is 6.57. The Morgan fingerprint density at radius 1 is 0.500 bits per heavy atom. The van der Waals surface area contributed by atoms with Gasteiger partial charge in [0.1, 0.15) is 0 Å². The average Bonchev–Trinajstić information content (AvgIpc) is 2.93. The second-order valence-corrected chi connectivity index (χ2v) is 8.55. The average molecular weight is 457 g/mol. The van der Waals surface area contributed by atoms with E-state index in [0.29, 0.717) is 37.3 Å². The van der Waals surface area contributed by atoms with E-state index in [2.05, 4.69) is 19.8 Å². The molecule has 2 fully saturated rings. The van der Waals surface area contributed by atoms with Crippen LogP contribution < -0.4 is 9.80 Å². The number of rotatable bonds is 4. The Labute approximate surface area is 199 Å². The van der Waals surface area contributed by atoms with E-state index in [0.717, 1.165) is 37.6 Å². The summed E-state index contributed by atoms with van der Waals surface area (Å²) in [5.41, 5.74) is 3.51. The number of piperazine rings is 2. The SMILES string of the molecule is O=C(c1ccc(C(=O)N2CCN(c3ccncc3)CC2)cc1)N1CCN(c2ccncc2)CC1. The van der Waals surface area contributed by atoms with Crippen LogP contribution in [-0.4, -0.2) is 83.9 Å². The normalized spacial score (nSPS) is 16.5. The van der Waals surface area contributed by atoms with E-state index in [1.807, 2.05) is 34.1 Å². The maximum atomic E-state index is 13.0. The van der Waals surface area contributed by atoms with E-state index in [-0.39, 0.29) is 11.8 Å². The summed E-state index contributed by atoms with van der Waals surface area (Å²) in [6.45, 7) is 5.84. The van der Waals surface area contributed by atoms with Crippen LogP contribution in [0.1, 0.15) is 20.7 Å². The van der Waals surface area contributed by atoms with Crippen molar-refractivity contribution in [1.29, 1.82) is 0 Å². The first-order chi connectivity index (χ1) is 16.7. The number of aromatic nitrogens is 2. The number of anilines is 2. The summed E-state index contributed by atoms with van der Waals surface area (Å²) in [7, 11) is 0. The molecule has 0 radical (unpaired) electrons. The molecule has 174 valence electrons. The fourth-order valence-corrected chi connectivity index (χ4v) is 4.57. The Kier molecular flexibility index (Phi) is 6.38. The molecule has 5 rings (SSSR count). The van der Waals surface area contributed by atoms with Gasteiger partial charge in [0.15, 0.2) is 0 Å². The van der Waals surface area contributed by atoms with Gasteiger partial charge in [-0.3, -0.25) is 19.6 Å². The molecule has 2 aliphatic heterocycles. The number of hydrogen-bond donors (Lipinski definition) is 0. The molecule has 1 aromatic carbocycles. The number of nitrogens with zero attached hydrogens (tertiary/aromatic N) is 6. The number of benzene rings is 1. The number of carbonyl (C=O) groups is 2. The van der Waals surface area contributed by atoms with Crippen molar-refractivity contribution in [1.82, 2.24) is 19.8 Å². The predicted octanol–water partition coefficient (Wildman–Crippen LogP) is 2.40. The van der Waals surface area contributed by atoms with Gasteiger partial charge < -0.3 is 19.6 Å². The second-order valence-electron chi connectivity index (χ2n) is 8.55. The zero-order valence-electron chi connectivity index (χ0n) is 19.1. The summed E-state index contributed by atoms with van der Waals surface area (Å²) in [6.07, 6.45) is 7.15. The van der Waals surface area contributed by atoms with Crippen molar-refractivity contribution in [2.24, 2.45) is 0 Å². The molecule has 3 aromatic rings. The molecule has 2 saturated heterocycles. The lowest BCUT2D eigenvalue weighted by molar-refractivity contribution is 0.0735. The van der Waals surface area contributed by atoms with Crippen LogP contribution in [0.5, 0.6) is 0 Å². The van der Waals surface area contributed by atoms with Gasteiger partial charge in [0.25, 0.3) is 11.8 Å². The Balaban J connectivity index is 1.15. The van der Waals surface area contributed by atoms with E-state index in [9.17, 15) is 9.59 Å². The van der Waals surface area contributed by atoms with Gasteiger partial charge in [0, 0.05) is 99.6 Å². The lowest BCUT2D eigenvalue weighted by Gasteiger charge is -2.36. The molecular formula is C26H28N6O2. The van der Waals surface area contributed by atoms with Crippen LogP contribution in [0.25, 0.3) is 0 Å². The van der Waals surface area contributed by atoms with Gasteiger partial charge in [-0.25, -0.2) is 0 Å². The van der Waals surface area contributed by atoms with E-state index in [1.54, 1.807) is 49.1 Å². The van der Waals surface area contributed by atoms with Gasteiger partial charge in [-0.1, -0.05) is 0 Å². The van der Waals surface area contributed by atoms with Crippen molar-refractivity contribution in [3.05, 3.63) is 84.4 Å². The number of pyridine rings is 2. The third kappa shape index (κ3) is 4.71. The zero-order valence-corrected chi connectivity index (χ0v) is 19.1. The predicted molar refractivity (Wildman–Crippen MR) is 131 cm³/mol. The smallest absolute Gasteiger partial charge is 0.253 e. The molecule has 0 spiro atoms. The molecule has 0 bridgehead atoms. The van der Waals surface area contributed by atoms with Gasteiger partial charge in [-0.05, 0) is 48.5 Å². The van der Waals surface area contributed by atoms with E-state index in [4.69, 9.17) is 0 Å². The molecule has 2 aliphatic rings. The van der Waals surface area contributed by atoms with E-state index in [1.165, 1.54) is 0 Å². The first-order valence-corrected chi connectivity index (χ1v) is 11.7. The highest BCUT2D eigenvalue weighted by atomic mass is 16.2. The van der Waals surface area contributed by atoms with Gasteiger partial charge in [0.2, 0.25) is 0 Å². The fourth-order valence-electron chi connectivity index (χ4n) is 4.57. The van der Waals surface area contributed by atoms with Gasteiger partial charge in [-0.15, -0.1) is 0 Å². The van der Waals surface area contributed by atoms with Crippen LogP contribution in [0.4, 0.5) is 11.4 Å². The zero-order chi connectivity index (χ0) is 23.3. The molecule has 2 aromatic heterocycles. The molecule has 2 amide bonds. The molecule has 0 atom stereocenters. The Morgan fingerprint density at radius 2 is 0.824 bits per heavy atom. The van der Waals surface area contributed by atoms with Crippen LogP contribution in [0.15, 0.2) is 73.3 Å². The molecule has 0 aliphatic carbocycles. The molecule has 0 N–H and O–H groups in total. The Morgan fingerprint density at radius 3 is 1.15 bits per heavy atom. The van der Waals surface area contributed by atoms with Gasteiger partial charge in [-0.2, -0.15) is 0 Å². The maximum absolute atomic E-state index is 13.0. The molecule has 8 heteroatoms. The first kappa shape index (κ1) is 21.9. The third-order valence-corrected chi connectivity index (χ3v) is 6.57. The molecular weight excluding hydrogens is 428 g/mol. The number of carbonyl (C=O) groups excluding carboxylic acids is 2. The topological polar surface area (TPSA) is 72.9 Å². The summed E-state index contributed by atoms with van der Waals surface area (Å²) in [6, 6.07) is 15.1. The van der Waals surface area contributed by atoms with E-state index < -0.39 is 0 Å². The van der Waals surface area contributed by atoms with Crippen molar-refractivity contribution >= 4 is 23.2 Å². The molecule has 8 nitrogen and oxygen atoms in total. The molecule has 0 saturated carbocycles. The largest absolute Gasteiger partial charge is 0.368 e.